The van der Waals surface area contributed by atoms with Crippen molar-refractivity contribution in [3.05, 3.63) is 89.2 Å². The van der Waals surface area contributed by atoms with Gasteiger partial charge in [0.1, 0.15) is 27.5 Å². The quantitative estimate of drug-likeness (QED) is 0.212. The first kappa shape index (κ1) is 28.6. The molecule has 0 saturated heterocycles. The Morgan fingerprint density at radius 3 is 2.44 bits per heavy atom. The van der Waals surface area contributed by atoms with E-state index in [9.17, 15) is 13.5 Å². The highest BCUT2D eigenvalue weighted by atomic mass is 32.2. The highest BCUT2D eigenvalue weighted by Crippen LogP contribution is 2.44. The maximum Gasteiger partial charge on any atom is 0.269 e. The van der Waals surface area contributed by atoms with Gasteiger partial charge in [0.15, 0.2) is 11.4 Å². The Hall–Kier alpha value is -4.55. The van der Waals surface area contributed by atoms with Gasteiger partial charge >= 0.3 is 0 Å². The average Bonchev–Trinajstić information content (AvgIpc) is 3.60. The van der Waals surface area contributed by atoms with Crippen molar-refractivity contribution in [2.45, 2.75) is 43.4 Å². The predicted octanol–water partition coefficient (Wildman–Crippen LogP) is 4.86. The maximum atomic E-state index is 14.7. The summed E-state index contributed by atoms with van der Waals surface area (Å²) in [5.74, 6) is 1.48. The third kappa shape index (κ3) is 5.63. The molecule has 12 heteroatoms. The number of fused-ring (bicyclic) bond motifs is 1. The molecule has 0 amide bonds. The maximum absolute atomic E-state index is 14.7. The van der Waals surface area contributed by atoms with E-state index in [0.29, 0.717) is 46.1 Å². The predicted molar refractivity (Wildman–Crippen MR) is 159 cm³/mol. The molecule has 2 aromatic heterocycles. The Labute approximate surface area is 249 Å². The van der Waals surface area contributed by atoms with E-state index in [1.807, 2.05) is 24.4 Å². The van der Waals surface area contributed by atoms with Gasteiger partial charge in [-0.1, -0.05) is 17.3 Å². The summed E-state index contributed by atoms with van der Waals surface area (Å²) in [5, 5.41) is 18.8. The van der Waals surface area contributed by atoms with E-state index in [4.69, 9.17) is 18.7 Å². The molecule has 1 fully saturated rings. The number of aromatic nitrogens is 3. The van der Waals surface area contributed by atoms with E-state index in [2.05, 4.69) is 10.3 Å². The van der Waals surface area contributed by atoms with Crippen molar-refractivity contribution in [1.29, 1.82) is 0 Å². The van der Waals surface area contributed by atoms with E-state index >= 15 is 0 Å². The van der Waals surface area contributed by atoms with Crippen LogP contribution in [0.25, 0.3) is 11.0 Å². The van der Waals surface area contributed by atoms with Crippen molar-refractivity contribution in [1.82, 2.24) is 14.9 Å². The molecule has 2 heterocycles. The van der Waals surface area contributed by atoms with Crippen molar-refractivity contribution in [3.63, 3.8) is 0 Å². The van der Waals surface area contributed by atoms with Crippen LogP contribution in [0.5, 0.6) is 17.2 Å². The lowest BCUT2D eigenvalue weighted by molar-refractivity contribution is 0.281. The first-order valence-corrected chi connectivity index (χ1v) is 15.2. The van der Waals surface area contributed by atoms with Gasteiger partial charge < -0.3 is 23.8 Å². The summed E-state index contributed by atoms with van der Waals surface area (Å²) in [6.45, 7) is 0.0768. The van der Waals surface area contributed by atoms with Crippen LogP contribution in [0.3, 0.4) is 0 Å². The second-order valence-corrected chi connectivity index (χ2v) is 12.3. The van der Waals surface area contributed by atoms with E-state index in [0.717, 1.165) is 24.0 Å². The summed E-state index contributed by atoms with van der Waals surface area (Å²) in [7, 11) is 0.186. The number of hydrogen-bond acceptors (Lipinski definition) is 9. The second-order valence-electron chi connectivity index (χ2n) is 10.4. The minimum atomic E-state index is -4.29. The molecule has 0 aliphatic heterocycles. The molecule has 1 saturated carbocycles. The lowest BCUT2D eigenvalue weighted by Gasteiger charge is -2.24. The zero-order valence-electron chi connectivity index (χ0n) is 24.1. The summed E-state index contributed by atoms with van der Waals surface area (Å²) in [6, 6.07) is 15.9. The minimum Gasteiger partial charge on any atom is -0.497 e. The fraction of sp³-hybridized carbons (Fsp3) is 0.290. The van der Waals surface area contributed by atoms with Crippen LogP contribution in [0, 0.1) is 0 Å². The van der Waals surface area contributed by atoms with Gasteiger partial charge in [0.2, 0.25) is 0 Å². The number of rotatable bonds is 12. The van der Waals surface area contributed by atoms with Crippen molar-refractivity contribution >= 4 is 26.8 Å². The Bertz CT molecular complexity index is 1840. The highest BCUT2D eigenvalue weighted by Gasteiger charge is 2.35. The summed E-state index contributed by atoms with van der Waals surface area (Å²) in [4.78, 5) is 0.0232. The first-order valence-electron chi connectivity index (χ1n) is 13.8. The molecule has 6 rings (SSSR count). The minimum absolute atomic E-state index is 0.0232. The topological polar surface area (TPSA) is 129 Å². The number of benzene rings is 3. The first-order chi connectivity index (χ1) is 20.8. The molecule has 1 aliphatic rings. The van der Waals surface area contributed by atoms with Crippen LogP contribution in [0.1, 0.15) is 41.0 Å². The molecule has 1 aliphatic carbocycles. The van der Waals surface area contributed by atoms with E-state index in [-0.39, 0.29) is 29.6 Å². The van der Waals surface area contributed by atoms with Gasteiger partial charge in [-0.15, -0.1) is 0 Å². The normalized spacial score (nSPS) is 13.3. The van der Waals surface area contributed by atoms with Crippen LogP contribution in [-0.2, 0) is 29.7 Å². The van der Waals surface area contributed by atoms with Crippen LogP contribution in [0.15, 0.2) is 76.4 Å². The highest BCUT2D eigenvalue weighted by molar-refractivity contribution is 7.93. The van der Waals surface area contributed by atoms with Crippen molar-refractivity contribution < 1.29 is 32.3 Å². The van der Waals surface area contributed by atoms with Gasteiger partial charge in [0.25, 0.3) is 10.0 Å². The third-order valence-corrected chi connectivity index (χ3v) is 9.27. The number of methoxy groups -OCH3 is 3. The second kappa shape index (κ2) is 11.6. The van der Waals surface area contributed by atoms with E-state index < -0.39 is 10.0 Å². The number of aliphatic hydroxyl groups is 1. The molecule has 0 radical (unpaired) electrons. The molecular weight excluding hydrogens is 572 g/mol. The van der Waals surface area contributed by atoms with Gasteiger partial charge in [0, 0.05) is 12.4 Å². The number of hydrogen-bond donors (Lipinski definition) is 1. The Kier molecular flexibility index (Phi) is 7.72. The standard InChI is InChI=1S/C31H32N4O7S/c1-39-25-12-20(11-22(13-25)19-36)18-35(43(37,38)29-16-24(23-5-6-23)7-8-26(29)40-2)31-30-27(41-3)14-21(15-28(30)42-33-31)17-34-10-4-9-32-34/h4,7-16,23,36H,5-6,17-19H2,1-3H3. The average molecular weight is 605 g/mol. The Morgan fingerprint density at radius 2 is 1.77 bits per heavy atom. The lowest BCUT2D eigenvalue weighted by atomic mass is 10.1. The molecule has 1 N–H and O–H groups in total. The van der Waals surface area contributed by atoms with Gasteiger partial charge in [-0.25, -0.2) is 12.7 Å². The largest absolute Gasteiger partial charge is 0.497 e. The summed E-state index contributed by atoms with van der Waals surface area (Å²) in [6.07, 6.45) is 5.55. The van der Waals surface area contributed by atoms with E-state index in [1.54, 1.807) is 47.3 Å². The molecule has 0 bridgehead atoms. The summed E-state index contributed by atoms with van der Waals surface area (Å²) in [5.41, 5.74) is 3.29. The lowest BCUT2D eigenvalue weighted by Crippen LogP contribution is -2.31. The van der Waals surface area contributed by atoms with Crippen LogP contribution < -0.4 is 18.5 Å². The SMILES string of the molecule is COc1cc(CO)cc(CN(c2noc3cc(Cn4cccn4)cc(OC)c23)S(=O)(=O)c2cc(C3CC3)ccc2OC)c1. The Balaban J connectivity index is 1.52. The summed E-state index contributed by atoms with van der Waals surface area (Å²) >= 11 is 0. The van der Waals surface area contributed by atoms with Crippen LogP contribution >= 0.6 is 0 Å². The fourth-order valence-electron chi connectivity index (χ4n) is 5.23. The number of sulfonamides is 1. The van der Waals surface area contributed by atoms with E-state index in [1.165, 1.54) is 25.6 Å². The Morgan fingerprint density at radius 1 is 0.977 bits per heavy atom. The molecule has 3 aromatic carbocycles. The smallest absolute Gasteiger partial charge is 0.269 e. The number of nitrogens with zero attached hydrogens (tertiary/aromatic N) is 4. The fourth-order valence-corrected chi connectivity index (χ4v) is 6.83. The van der Waals surface area contributed by atoms with Gasteiger partial charge in [-0.05, 0) is 83.5 Å². The molecule has 5 aromatic rings. The van der Waals surface area contributed by atoms with Crippen LogP contribution in [0.2, 0.25) is 0 Å². The molecule has 0 atom stereocenters. The van der Waals surface area contributed by atoms with Gasteiger partial charge in [-0.2, -0.15) is 5.10 Å². The van der Waals surface area contributed by atoms with Crippen LogP contribution in [-0.4, -0.2) is 49.8 Å². The zero-order valence-corrected chi connectivity index (χ0v) is 24.9. The molecule has 11 nitrogen and oxygen atoms in total. The number of anilines is 1. The van der Waals surface area contributed by atoms with Gasteiger partial charge in [0.05, 0.1) is 41.0 Å². The van der Waals surface area contributed by atoms with Gasteiger partial charge in [-0.3, -0.25) is 4.68 Å². The van der Waals surface area contributed by atoms with Crippen LogP contribution in [0.4, 0.5) is 5.82 Å². The third-order valence-electron chi connectivity index (χ3n) is 7.51. The number of aliphatic hydroxyl groups excluding tert-OH is 1. The molecule has 43 heavy (non-hydrogen) atoms. The monoisotopic (exact) mass is 604 g/mol. The van der Waals surface area contributed by atoms with Crippen molar-refractivity contribution in [2.24, 2.45) is 0 Å². The molecule has 0 spiro atoms. The molecule has 224 valence electrons. The zero-order chi connectivity index (χ0) is 30.1. The van der Waals surface area contributed by atoms with Crippen molar-refractivity contribution in [3.8, 4) is 17.2 Å². The van der Waals surface area contributed by atoms with Crippen molar-refractivity contribution in [2.75, 3.05) is 25.6 Å². The number of ether oxygens (including phenoxy) is 3. The molecular formula is C31H32N4O7S. The molecule has 0 unspecified atom stereocenters. The summed E-state index contributed by atoms with van der Waals surface area (Å²) < 4.78 is 54.8.